The number of benzene rings is 1. The highest BCUT2D eigenvalue weighted by Gasteiger charge is 2.21. The molecule has 2 heterocycles. The minimum Gasteiger partial charge on any atom is -0.485 e. The first kappa shape index (κ1) is 25.5. The van der Waals surface area contributed by atoms with Crippen LogP contribution < -0.4 is 10.1 Å². The SMILES string of the molecule is Cc1cc(OC(CC(C)C)c2ccc(C(=O)NCCC(=O)O)s2)cc(C)c1-c1ccc(C#N)s1. The molecule has 0 aliphatic carbocycles. The van der Waals surface area contributed by atoms with Crippen LogP contribution in [-0.4, -0.2) is 23.5 Å². The number of nitriles is 1. The maximum atomic E-state index is 12.4. The van der Waals surface area contributed by atoms with Crippen LogP contribution in [0.1, 0.15) is 63.3 Å². The zero-order valence-corrected chi connectivity index (χ0v) is 21.3. The summed E-state index contributed by atoms with van der Waals surface area (Å²) in [6.45, 7) is 8.45. The highest BCUT2D eigenvalue weighted by Crippen LogP contribution is 2.38. The largest absolute Gasteiger partial charge is 0.485 e. The van der Waals surface area contributed by atoms with Gasteiger partial charge >= 0.3 is 5.97 Å². The molecule has 0 saturated heterocycles. The Bertz CT molecular complexity index is 1200. The smallest absolute Gasteiger partial charge is 0.305 e. The van der Waals surface area contributed by atoms with Crippen molar-refractivity contribution in [3.63, 3.8) is 0 Å². The molecule has 34 heavy (non-hydrogen) atoms. The predicted octanol–water partition coefficient (Wildman–Crippen LogP) is 6.34. The van der Waals surface area contributed by atoms with E-state index < -0.39 is 5.97 Å². The lowest BCUT2D eigenvalue weighted by molar-refractivity contribution is -0.136. The molecule has 1 unspecified atom stereocenters. The van der Waals surface area contributed by atoms with E-state index in [9.17, 15) is 9.59 Å². The molecule has 0 fully saturated rings. The van der Waals surface area contributed by atoms with Crippen molar-refractivity contribution in [1.82, 2.24) is 5.32 Å². The molecular formula is C26H28N2O4S2. The number of carboxylic acids is 1. The molecule has 2 N–H and O–H groups in total. The molecule has 0 bridgehead atoms. The van der Waals surface area contributed by atoms with Crippen molar-refractivity contribution in [2.24, 2.45) is 5.92 Å². The van der Waals surface area contributed by atoms with Gasteiger partial charge in [0.1, 0.15) is 22.8 Å². The van der Waals surface area contributed by atoms with E-state index in [2.05, 4.69) is 25.2 Å². The Balaban J connectivity index is 1.81. The minimum atomic E-state index is -0.946. The van der Waals surface area contributed by atoms with Crippen molar-refractivity contribution in [2.75, 3.05) is 6.54 Å². The quantitative estimate of drug-likeness (QED) is 0.341. The van der Waals surface area contributed by atoms with Gasteiger partial charge in [-0.15, -0.1) is 22.7 Å². The Labute approximate surface area is 207 Å². The van der Waals surface area contributed by atoms with Crippen molar-refractivity contribution >= 4 is 34.6 Å². The number of carbonyl (C=O) groups is 2. The van der Waals surface area contributed by atoms with Gasteiger partial charge in [-0.3, -0.25) is 9.59 Å². The predicted molar refractivity (Wildman–Crippen MR) is 136 cm³/mol. The van der Waals surface area contributed by atoms with Crippen molar-refractivity contribution in [1.29, 1.82) is 5.26 Å². The van der Waals surface area contributed by atoms with E-state index in [0.29, 0.717) is 15.7 Å². The molecule has 3 rings (SSSR count). The van der Waals surface area contributed by atoms with Crippen LogP contribution in [0.2, 0.25) is 0 Å². The summed E-state index contributed by atoms with van der Waals surface area (Å²) in [6, 6.07) is 13.7. The summed E-state index contributed by atoms with van der Waals surface area (Å²) in [6.07, 6.45) is 0.472. The molecule has 2 aromatic heterocycles. The van der Waals surface area contributed by atoms with E-state index in [4.69, 9.17) is 15.1 Å². The van der Waals surface area contributed by atoms with Gasteiger partial charge in [-0.25, -0.2) is 0 Å². The average molecular weight is 497 g/mol. The van der Waals surface area contributed by atoms with E-state index in [1.165, 1.54) is 22.7 Å². The second kappa shape index (κ2) is 11.3. The summed E-state index contributed by atoms with van der Waals surface area (Å²) >= 11 is 2.85. The summed E-state index contributed by atoms with van der Waals surface area (Å²) in [4.78, 5) is 26.3. The molecule has 8 heteroatoms. The summed E-state index contributed by atoms with van der Waals surface area (Å²) in [7, 11) is 0. The fraction of sp³-hybridized carbons (Fsp3) is 0.346. The van der Waals surface area contributed by atoms with Gasteiger partial charge in [-0.2, -0.15) is 5.26 Å². The Morgan fingerprint density at radius 3 is 2.41 bits per heavy atom. The van der Waals surface area contributed by atoms with E-state index in [1.54, 1.807) is 6.07 Å². The van der Waals surface area contributed by atoms with Crippen molar-refractivity contribution < 1.29 is 19.4 Å². The number of hydrogen-bond acceptors (Lipinski definition) is 6. The van der Waals surface area contributed by atoms with E-state index in [0.717, 1.165) is 38.6 Å². The van der Waals surface area contributed by atoms with Crippen LogP contribution in [0.5, 0.6) is 5.75 Å². The third-order valence-electron chi connectivity index (χ3n) is 5.22. The number of aliphatic carboxylic acids is 1. The molecule has 3 aromatic rings. The number of rotatable bonds is 10. The summed E-state index contributed by atoms with van der Waals surface area (Å²) in [5.41, 5.74) is 3.28. The number of hydrogen-bond donors (Lipinski definition) is 2. The number of carboxylic acid groups (broad SMARTS) is 1. The van der Waals surface area contributed by atoms with Gasteiger partial charge in [-0.1, -0.05) is 13.8 Å². The topological polar surface area (TPSA) is 99.4 Å². The maximum Gasteiger partial charge on any atom is 0.305 e. The lowest BCUT2D eigenvalue weighted by Crippen LogP contribution is -2.25. The van der Waals surface area contributed by atoms with E-state index in [1.807, 2.05) is 44.2 Å². The zero-order chi connectivity index (χ0) is 24.8. The standard InChI is InChI=1S/C26H28N2O4S2/c1-15(2)11-20(21-7-8-23(34-21)26(31)28-10-9-24(29)30)32-18-12-16(3)25(17(4)13-18)22-6-5-19(14-27)33-22/h5-8,12-13,15,20H,9-11H2,1-4H3,(H,28,31)(H,29,30). The highest BCUT2D eigenvalue weighted by atomic mass is 32.1. The van der Waals surface area contributed by atoms with Crippen molar-refractivity contribution in [3.05, 3.63) is 62.2 Å². The molecule has 1 amide bonds. The second-order valence-corrected chi connectivity index (χ2v) is 10.7. The highest BCUT2D eigenvalue weighted by molar-refractivity contribution is 7.16. The third kappa shape index (κ3) is 6.46. The monoisotopic (exact) mass is 496 g/mol. The first-order chi connectivity index (χ1) is 16.2. The van der Waals surface area contributed by atoms with Crippen LogP contribution in [-0.2, 0) is 4.79 Å². The van der Waals surface area contributed by atoms with Crippen LogP contribution in [0.3, 0.4) is 0 Å². The van der Waals surface area contributed by atoms with Gasteiger partial charge in [0.25, 0.3) is 5.91 Å². The molecule has 0 aliphatic heterocycles. The normalized spacial score (nSPS) is 11.8. The van der Waals surface area contributed by atoms with Gasteiger partial charge in [0.2, 0.25) is 0 Å². The van der Waals surface area contributed by atoms with Crippen LogP contribution in [0.4, 0.5) is 0 Å². The van der Waals surface area contributed by atoms with E-state index in [-0.39, 0.29) is 25.0 Å². The molecule has 6 nitrogen and oxygen atoms in total. The Morgan fingerprint density at radius 1 is 1.12 bits per heavy atom. The average Bonchev–Trinajstić information content (AvgIpc) is 3.42. The van der Waals surface area contributed by atoms with Gasteiger partial charge in [0, 0.05) is 16.3 Å². The lowest BCUT2D eigenvalue weighted by atomic mass is 10.0. The van der Waals surface area contributed by atoms with Crippen molar-refractivity contribution in [2.45, 2.75) is 46.6 Å². The number of ether oxygens (including phenoxy) is 1. The Kier molecular flexibility index (Phi) is 8.48. The number of nitrogens with one attached hydrogen (secondary N) is 1. The molecule has 1 aromatic carbocycles. The number of amides is 1. The molecular weight excluding hydrogens is 468 g/mol. The minimum absolute atomic E-state index is 0.0956. The number of thiophene rings is 2. The molecule has 1 atom stereocenters. The summed E-state index contributed by atoms with van der Waals surface area (Å²) in [5, 5.41) is 20.6. The maximum absolute atomic E-state index is 12.4. The van der Waals surface area contributed by atoms with Gasteiger partial charge in [0.05, 0.1) is 11.3 Å². The Morgan fingerprint density at radius 2 is 1.82 bits per heavy atom. The molecule has 0 radical (unpaired) electrons. The van der Waals surface area contributed by atoms with E-state index >= 15 is 0 Å². The molecule has 0 spiro atoms. The number of nitrogens with zero attached hydrogens (tertiary/aromatic N) is 1. The first-order valence-electron chi connectivity index (χ1n) is 11.1. The van der Waals surface area contributed by atoms with Gasteiger partial charge in [0.15, 0.2) is 0 Å². The molecule has 0 aliphatic rings. The van der Waals surface area contributed by atoms with Crippen LogP contribution >= 0.6 is 22.7 Å². The van der Waals surface area contributed by atoms with Gasteiger partial charge in [-0.05, 0) is 79.3 Å². The summed E-state index contributed by atoms with van der Waals surface area (Å²) in [5.74, 6) is -0.0671. The lowest BCUT2D eigenvalue weighted by Gasteiger charge is -2.21. The van der Waals surface area contributed by atoms with Crippen LogP contribution in [0, 0.1) is 31.1 Å². The van der Waals surface area contributed by atoms with Crippen molar-refractivity contribution in [3.8, 4) is 22.3 Å². The first-order valence-corrected chi connectivity index (χ1v) is 12.7. The fourth-order valence-corrected chi connectivity index (χ4v) is 5.69. The second-order valence-electron chi connectivity index (χ2n) is 8.55. The summed E-state index contributed by atoms with van der Waals surface area (Å²) < 4.78 is 6.45. The molecule has 0 saturated carbocycles. The number of aryl methyl sites for hydroxylation is 2. The van der Waals surface area contributed by atoms with Crippen LogP contribution in [0.25, 0.3) is 10.4 Å². The molecule has 178 valence electrons. The Hall–Kier alpha value is -3.15. The third-order valence-corrected chi connectivity index (χ3v) is 7.41. The fourth-order valence-electron chi connectivity index (χ4n) is 3.75. The van der Waals surface area contributed by atoms with Gasteiger partial charge < -0.3 is 15.2 Å². The van der Waals surface area contributed by atoms with Crippen LogP contribution in [0.15, 0.2) is 36.4 Å². The zero-order valence-electron chi connectivity index (χ0n) is 19.7. The number of carbonyl (C=O) groups excluding carboxylic acids is 1.